The molecule has 6 nitrogen and oxygen atoms in total. The first-order valence-corrected chi connectivity index (χ1v) is 11.3. The molecule has 8 heteroatoms. The summed E-state index contributed by atoms with van der Waals surface area (Å²) in [5.74, 6) is 1.67. The fourth-order valence-corrected chi connectivity index (χ4v) is 4.75. The van der Waals surface area contributed by atoms with Crippen molar-refractivity contribution in [2.45, 2.75) is 17.2 Å². The fraction of sp³-hybridized carbons (Fsp3) is 0.136. The first kappa shape index (κ1) is 20.2. The number of amides is 2. The summed E-state index contributed by atoms with van der Waals surface area (Å²) < 4.78 is 1.08. The molecule has 0 spiro atoms. The Morgan fingerprint density at radius 2 is 1.77 bits per heavy atom. The number of urea groups is 1. The van der Waals surface area contributed by atoms with Gasteiger partial charge in [0, 0.05) is 5.75 Å². The number of imidazole rings is 1. The van der Waals surface area contributed by atoms with E-state index in [1.807, 2.05) is 36.4 Å². The molecule has 4 aromatic rings. The number of thioether (sulfide) groups is 1. The van der Waals surface area contributed by atoms with Gasteiger partial charge in [-0.2, -0.15) is 0 Å². The molecule has 2 aromatic carbocycles. The summed E-state index contributed by atoms with van der Waals surface area (Å²) in [4.78, 5) is 24.0. The van der Waals surface area contributed by atoms with Crippen LogP contribution >= 0.6 is 23.1 Å². The van der Waals surface area contributed by atoms with Crippen LogP contribution in [0.1, 0.15) is 11.4 Å². The number of aromatic nitrogens is 3. The number of nitrogens with one attached hydrogen (secondary N) is 3. The van der Waals surface area contributed by atoms with E-state index in [4.69, 9.17) is 0 Å². The molecule has 2 amide bonds. The van der Waals surface area contributed by atoms with Crippen LogP contribution in [-0.4, -0.2) is 26.7 Å². The molecule has 0 bridgehead atoms. The maximum Gasteiger partial charge on any atom is 0.321 e. The summed E-state index contributed by atoms with van der Waals surface area (Å²) in [6, 6.07) is 20.0. The SMILES string of the molecule is O=C(NCc1ncc(-c2ccccc2)[nH]1)Nc1ncc(SCCc2ccccc2)s1. The van der Waals surface area contributed by atoms with Crippen molar-refractivity contribution in [3.05, 3.63) is 84.4 Å². The normalized spacial score (nSPS) is 10.7. The van der Waals surface area contributed by atoms with E-state index >= 15 is 0 Å². The first-order chi connectivity index (χ1) is 14.8. The Kier molecular flexibility index (Phi) is 6.79. The number of benzene rings is 2. The van der Waals surface area contributed by atoms with Crippen LogP contribution in [0, 0.1) is 0 Å². The summed E-state index contributed by atoms with van der Waals surface area (Å²) in [5.41, 5.74) is 3.30. The average Bonchev–Trinajstić information content (AvgIpc) is 3.43. The van der Waals surface area contributed by atoms with E-state index in [1.165, 1.54) is 16.9 Å². The van der Waals surface area contributed by atoms with Crippen molar-refractivity contribution < 1.29 is 4.79 Å². The minimum absolute atomic E-state index is 0.303. The predicted molar refractivity (Wildman–Crippen MR) is 123 cm³/mol. The zero-order valence-corrected chi connectivity index (χ0v) is 17.8. The summed E-state index contributed by atoms with van der Waals surface area (Å²) in [5, 5.41) is 6.17. The molecule has 0 radical (unpaired) electrons. The number of thiazole rings is 1. The number of rotatable bonds is 8. The molecule has 152 valence electrons. The molecular formula is C22H21N5OS2. The number of aryl methyl sites for hydroxylation is 1. The predicted octanol–water partition coefficient (Wildman–Crippen LogP) is 5.19. The lowest BCUT2D eigenvalue weighted by molar-refractivity contribution is 0.251. The van der Waals surface area contributed by atoms with Gasteiger partial charge in [-0.05, 0) is 17.5 Å². The Balaban J connectivity index is 1.21. The second-order valence-electron chi connectivity index (χ2n) is 6.49. The smallest absolute Gasteiger partial charge is 0.321 e. The Hall–Kier alpha value is -3.10. The number of aromatic amines is 1. The Morgan fingerprint density at radius 3 is 2.57 bits per heavy atom. The highest BCUT2D eigenvalue weighted by molar-refractivity contribution is 8.01. The number of H-pyrrole nitrogens is 1. The third-order valence-corrected chi connectivity index (χ3v) is 6.42. The van der Waals surface area contributed by atoms with E-state index < -0.39 is 0 Å². The largest absolute Gasteiger partial charge is 0.341 e. The summed E-state index contributed by atoms with van der Waals surface area (Å²) in [6.45, 7) is 0.308. The number of hydrogen-bond acceptors (Lipinski definition) is 5. The fourth-order valence-electron chi connectivity index (χ4n) is 2.82. The van der Waals surface area contributed by atoms with Crippen LogP contribution in [0.5, 0.6) is 0 Å². The molecule has 0 atom stereocenters. The number of hydrogen-bond donors (Lipinski definition) is 3. The second kappa shape index (κ2) is 10.1. The molecule has 0 unspecified atom stereocenters. The molecule has 0 aliphatic rings. The van der Waals surface area contributed by atoms with Crippen molar-refractivity contribution >= 4 is 34.3 Å². The van der Waals surface area contributed by atoms with Crippen molar-refractivity contribution in [3.63, 3.8) is 0 Å². The van der Waals surface area contributed by atoms with Crippen LogP contribution in [0.4, 0.5) is 9.93 Å². The summed E-state index contributed by atoms with van der Waals surface area (Å²) in [7, 11) is 0. The number of carbonyl (C=O) groups is 1. The highest BCUT2D eigenvalue weighted by Crippen LogP contribution is 2.28. The van der Waals surface area contributed by atoms with Gasteiger partial charge in [0.1, 0.15) is 5.82 Å². The Bertz CT molecular complexity index is 1080. The molecular weight excluding hydrogens is 414 g/mol. The lowest BCUT2D eigenvalue weighted by atomic mass is 10.2. The van der Waals surface area contributed by atoms with Crippen LogP contribution in [0.2, 0.25) is 0 Å². The Labute approximate surface area is 183 Å². The van der Waals surface area contributed by atoms with Crippen molar-refractivity contribution in [3.8, 4) is 11.3 Å². The van der Waals surface area contributed by atoms with Crippen LogP contribution in [0.3, 0.4) is 0 Å². The molecule has 30 heavy (non-hydrogen) atoms. The van der Waals surface area contributed by atoms with E-state index in [0.717, 1.165) is 27.6 Å². The van der Waals surface area contributed by atoms with Gasteiger partial charge in [-0.15, -0.1) is 11.8 Å². The number of carbonyl (C=O) groups excluding carboxylic acids is 1. The molecule has 2 heterocycles. The van der Waals surface area contributed by atoms with Crippen molar-refractivity contribution in [2.24, 2.45) is 0 Å². The highest BCUT2D eigenvalue weighted by Gasteiger charge is 2.09. The van der Waals surface area contributed by atoms with E-state index in [2.05, 4.69) is 49.9 Å². The third-order valence-electron chi connectivity index (χ3n) is 4.31. The van der Waals surface area contributed by atoms with Crippen LogP contribution < -0.4 is 10.6 Å². The van der Waals surface area contributed by atoms with Crippen LogP contribution in [-0.2, 0) is 13.0 Å². The minimum atomic E-state index is -0.303. The molecule has 0 aliphatic heterocycles. The van der Waals surface area contributed by atoms with Gasteiger partial charge in [0.15, 0.2) is 5.13 Å². The topological polar surface area (TPSA) is 82.7 Å². The van der Waals surface area contributed by atoms with Gasteiger partial charge in [0.2, 0.25) is 0 Å². The van der Waals surface area contributed by atoms with Gasteiger partial charge < -0.3 is 10.3 Å². The number of anilines is 1. The quantitative estimate of drug-likeness (QED) is 0.333. The van der Waals surface area contributed by atoms with Gasteiger partial charge >= 0.3 is 6.03 Å². The van der Waals surface area contributed by atoms with E-state index in [-0.39, 0.29) is 6.03 Å². The monoisotopic (exact) mass is 435 g/mol. The van der Waals surface area contributed by atoms with Gasteiger partial charge in [-0.3, -0.25) is 5.32 Å². The average molecular weight is 436 g/mol. The minimum Gasteiger partial charge on any atom is -0.341 e. The third kappa shape index (κ3) is 5.71. The number of nitrogens with zero attached hydrogens (tertiary/aromatic N) is 2. The van der Waals surface area contributed by atoms with Crippen molar-refractivity contribution in [2.75, 3.05) is 11.1 Å². The zero-order chi connectivity index (χ0) is 20.6. The van der Waals surface area contributed by atoms with Crippen LogP contribution in [0.15, 0.2) is 77.3 Å². The van der Waals surface area contributed by atoms with Gasteiger partial charge in [0.05, 0.1) is 28.8 Å². The first-order valence-electron chi connectivity index (χ1n) is 9.53. The van der Waals surface area contributed by atoms with E-state index in [0.29, 0.717) is 17.5 Å². The molecule has 3 N–H and O–H groups in total. The van der Waals surface area contributed by atoms with Gasteiger partial charge in [-0.25, -0.2) is 14.8 Å². The highest BCUT2D eigenvalue weighted by atomic mass is 32.2. The van der Waals surface area contributed by atoms with Crippen molar-refractivity contribution in [1.82, 2.24) is 20.3 Å². The maximum atomic E-state index is 12.2. The molecule has 0 aliphatic carbocycles. The maximum absolute atomic E-state index is 12.2. The zero-order valence-electron chi connectivity index (χ0n) is 16.2. The molecule has 0 fully saturated rings. The van der Waals surface area contributed by atoms with E-state index in [9.17, 15) is 4.79 Å². The van der Waals surface area contributed by atoms with Gasteiger partial charge in [0.25, 0.3) is 0 Å². The van der Waals surface area contributed by atoms with Crippen molar-refractivity contribution in [1.29, 1.82) is 0 Å². The summed E-state index contributed by atoms with van der Waals surface area (Å²) in [6.07, 6.45) is 4.57. The lowest BCUT2D eigenvalue weighted by Crippen LogP contribution is -2.28. The molecule has 2 aromatic heterocycles. The molecule has 4 rings (SSSR count). The van der Waals surface area contributed by atoms with E-state index in [1.54, 1.807) is 24.2 Å². The second-order valence-corrected chi connectivity index (χ2v) is 8.91. The molecule has 0 saturated carbocycles. The summed E-state index contributed by atoms with van der Waals surface area (Å²) >= 11 is 3.22. The van der Waals surface area contributed by atoms with Gasteiger partial charge in [-0.1, -0.05) is 72.0 Å². The molecule has 0 saturated heterocycles. The Morgan fingerprint density at radius 1 is 1.00 bits per heavy atom. The van der Waals surface area contributed by atoms with Crippen LogP contribution in [0.25, 0.3) is 11.3 Å². The standard InChI is InChI=1S/C22H21N5OS2/c28-21(24-14-19-23-13-18(26-19)17-9-5-2-6-10-17)27-22-25-15-20(30-22)29-12-11-16-7-3-1-4-8-16/h1-10,13,15H,11-12,14H2,(H,23,26)(H2,24,25,27,28). The lowest BCUT2D eigenvalue weighted by Gasteiger charge is -2.03.